The van der Waals surface area contributed by atoms with Gasteiger partial charge in [0.2, 0.25) is 0 Å². The molecule has 4 nitrogen and oxygen atoms in total. The minimum absolute atomic E-state index is 0.177. The SMILES string of the molecule is CC1CCC(Nc2nc(Cl)ccc2C(=O)O)CC1C. The number of halogens is 1. The number of hydrogen-bond donors (Lipinski definition) is 2. The van der Waals surface area contributed by atoms with Crippen LogP contribution in [-0.2, 0) is 0 Å². The summed E-state index contributed by atoms with van der Waals surface area (Å²) in [6.07, 6.45) is 3.23. The number of anilines is 1. The van der Waals surface area contributed by atoms with Gasteiger partial charge < -0.3 is 10.4 Å². The minimum atomic E-state index is -0.983. The third kappa shape index (κ3) is 3.38. The summed E-state index contributed by atoms with van der Waals surface area (Å²) in [5.41, 5.74) is 0.177. The Morgan fingerprint density at radius 3 is 2.74 bits per heavy atom. The summed E-state index contributed by atoms with van der Waals surface area (Å²) in [5.74, 6) is 0.763. The Morgan fingerprint density at radius 2 is 2.11 bits per heavy atom. The fourth-order valence-electron chi connectivity index (χ4n) is 2.59. The number of aromatic nitrogens is 1. The maximum Gasteiger partial charge on any atom is 0.339 e. The Labute approximate surface area is 118 Å². The second kappa shape index (κ2) is 5.78. The Balaban J connectivity index is 2.14. The Bertz CT molecular complexity index is 479. The first kappa shape index (κ1) is 14.1. The smallest absolute Gasteiger partial charge is 0.339 e. The summed E-state index contributed by atoms with van der Waals surface area (Å²) in [5, 5.41) is 12.7. The van der Waals surface area contributed by atoms with Crippen molar-refractivity contribution >= 4 is 23.4 Å². The summed E-state index contributed by atoms with van der Waals surface area (Å²) in [7, 11) is 0. The Morgan fingerprint density at radius 1 is 1.37 bits per heavy atom. The van der Waals surface area contributed by atoms with Crippen LogP contribution >= 0.6 is 11.6 Å². The second-order valence-electron chi connectivity index (χ2n) is 5.44. The van der Waals surface area contributed by atoms with E-state index in [9.17, 15) is 4.79 Å². The monoisotopic (exact) mass is 282 g/mol. The van der Waals surface area contributed by atoms with E-state index in [-0.39, 0.29) is 11.6 Å². The van der Waals surface area contributed by atoms with Crippen LogP contribution in [0.5, 0.6) is 0 Å². The van der Waals surface area contributed by atoms with Crippen LogP contribution in [0.25, 0.3) is 0 Å². The van der Waals surface area contributed by atoms with E-state index in [2.05, 4.69) is 24.1 Å². The molecule has 3 atom stereocenters. The van der Waals surface area contributed by atoms with E-state index in [1.165, 1.54) is 12.1 Å². The molecular weight excluding hydrogens is 264 g/mol. The van der Waals surface area contributed by atoms with Gasteiger partial charge in [-0.25, -0.2) is 9.78 Å². The molecule has 19 heavy (non-hydrogen) atoms. The standard InChI is InChI=1S/C14H19ClN2O2/c1-8-3-4-10(7-9(8)2)16-13-11(14(18)19)5-6-12(15)17-13/h5-6,8-10H,3-4,7H2,1-2H3,(H,16,17)(H,18,19). The van der Waals surface area contributed by atoms with Gasteiger partial charge in [0, 0.05) is 6.04 Å². The van der Waals surface area contributed by atoms with Crippen molar-refractivity contribution in [2.75, 3.05) is 5.32 Å². The van der Waals surface area contributed by atoms with E-state index < -0.39 is 5.97 Å². The molecule has 1 heterocycles. The van der Waals surface area contributed by atoms with Gasteiger partial charge in [0.1, 0.15) is 16.5 Å². The highest BCUT2D eigenvalue weighted by Crippen LogP contribution is 2.31. The topological polar surface area (TPSA) is 62.2 Å². The van der Waals surface area contributed by atoms with Crippen LogP contribution in [0.4, 0.5) is 5.82 Å². The Kier molecular flexibility index (Phi) is 4.30. The molecule has 0 saturated heterocycles. The maximum atomic E-state index is 11.2. The molecule has 2 N–H and O–H groups in total. The first-order valence-corrected chi connectivity index (χ1v) is 7.01. The average molecular weight is 283 g/mol. The number of aromatic carboxylic acids is 1. The number of carbonyl (C=O) groups is 1. The van der Waals surface area contributed by atoms with Gasteiger partial charge in [-0.2, -0.15) is 0 Å². The van der Waals surface area contributed by atoms with Crippen LogP contribution in [0.2, 0.25) is 5.15 Å². The molecule has 104 valence electrons. The summed E-state index contributed by atoms with van der Waals surface area (Å²) < 4.78 is 0. The predicted octanol–water partition coefficient (Wildman–Crippen LogP) is 3.67. The van der Waals surface area contributed by atoms with Gasteiger partial charge in [-0.3, -0.25) is 0 Å². The van der Waals surface area contributed by atoms with Crippen molar-refractivity contribution < 1.29 is 9.90 Å². The molecule has 1 aromatic heterocycles. The lowest BCUT2D eigenvalue weighted by molar-refractivity contribution is 0.0697. The zero-order valence-electron chi connectivity index (χ0n) is 11.2. The third-order valence-corrected chi connectivity index (χ3v) is 4.24. The lowest BCUT2D eigenvalue weighted by Crippen LogP contribution is -2.31. The number of nitrogens with one attached hydrogen (secondary N) is 1. The van der Waals surface area contributed by atoms with E-state index in [1.54, 1.807) is 0 Å². The van der Waals surface area contributed by atoms with Crippen molar-refractivity contribution in [2.24, 2.45) is 11.8 Å². The number of pyridine rings is 1. The van der Waals surface area contributed by atoms with Crippen LogP contribution in [0.1, 0.15) is 43.5 Å². The fraction of sp³-hybridized carbons (Fsp3) is 0.571. The largest absolute Gasteiger partial charge is 0.478 e. The van der Waals surface area contributed by atoms with Gasteiger partial charge >= 0.3 is 5.97 Å². The number of rotatable bonds is 3. The normalized spacial score (nSPS) is 27.0. The quantitative estimate of drug-likeness (QED) is 0.831. The molecule has 1 saturated carbocycles. The zero-order chi connectivity index (χ0) is 14.0. The molecule has 1 aromatic rings. The molecule has 1 fully saturated rings. The van der Waals surface area contributed by atoms with E-state index in [0.29, 0.717) is 16.9 Å². The molecule has 0 bridgehead atoms. The summed E-state index contributed by atoms with van der Waals surface area (Å²) in [4.78, 5) is 15.3. The zero-order valence-corrected chi connectivity index (χ0v) is 11.9. The molecule has 0 aromatic carbocycles. The highest BCUT2D eigenvalue weighted by atomic mass is 35.5. The molecule has 0 amide bonds. The van der Waals surface area contributed by atoms with Gasteiger partial charge in [-0.1, -0.05) is 25.4 Å². The predicted molar refractivity (Wildman–Crippen MR) is 75.8 cm³/mol. The van der Waals surface area contributed by atoms with Crippen LogP contribution in [0.15, 0.2) is 12.1 Å². The highest BCUT2D eigenvalue weighted by Gasteiger charge is 2.25. The Hall–Kier alpha value is -1.29. The molecule has 0 aliphatic heterocycles. The van der Waals surface area contributed by atoms with E-state index >= 15 is 0 Å². The first-order chi connectivity index (χ1) is 8.97. The third-order valence-electron chi connectivity index (χ3n) is 4.03. The fourth-order valence-corrected chi connectivity index (χ4v) is 2.74. The van der Waals surface area contributed by atoms with Crippen molar-refractivity contribution in [1.82, 2.24) is 4.98 Å². The maximum absolute atomic E-state index is 11.2. The summed E-state index contributed by atoms with van der Waals surface area (Å²) >= 11 is 5.85. The van der Waals surface area contributed by atoms with Gasteiger partial charge in [0.05, 0.1) is 0 Å². The lowest BCUT2D eigenvalue weighted by Gasteiger charge is -2.33. The van der Waals surface area contributed by atoms with Crippen molar-refractivity contribution in [3.05, 3.63) is 22.8 Å². The molecule has 1 aliphatic carbocycles. The van der Waals surface area contributed by atoms with E-state index in [1.807, 2.05) is 0 Å². The van der Waals surface area contributed by atoms with E-state index in [0.717, 1.165) is 25.2 Å². The van der Waals surface area contributed by atoms with Crippen molar-refractivity contribution in [3.8, 4) is 0 Å². The van der Waals surface area contributed by atoms with Crippen LogP contribution < -0.4 is 5.32 Å². The molecule has 0 radical (unpaired) electrons. The molecule has 5 heteroatoms. The van der Waals surface area contributed by atoms with Crippen LogP contribution in [-0.4, -0.2) is 22.1 Å². The van der Waals surface area contributed by atoms with Gasteiger partial charge in [-0.15, -0.1) is 0 Å². The highest BCUT2D eigenvalue weighted by molar-refractivity contribution is 6.29. The van der Waals surface area contributed by atoms with Crippen molar-refractivity contribution in [2.45, 2.75) is 39.2 Å². The molecule has 0 spiro atoms. The molecular formula is C14H19ClN2O2. The lowest BCUT2D eigenvalue weighted by atomic mass is 9.79. The second-order valence-corrected chi connectivity index (χ2v) is 5.83. The minimum Gasteiger partial charge on any atom is -0.478 e. The van der Waals surface area contributed by atoms with Gasteiger partial charge in [-0.05, 0) is 43.2 Å². The van der Waals surface area contributed by atoms with Crippen molar-refractivity contribution in [1.29, 1.82) is 0 Å². The molecule has 3 unspecified atom stereocenters. The number of carboxylic acid groups (broad SMARTS) is 1. The molecule has 1 aliphatic rings. The number of carboxylic acids is 1. The van der Waals surface area contributed by atoms with E-state index in [4.69, 9.17) is 16.7 Å². The first-order valence-electron chi connectivity index (χ1n) is 6.63. The van der Waals surface area contributed by atoms with Crippen LogP contribution in [0, 0.1) is 11.8 Å². The van der Waals surface area contributed by atoms with Gasteiger partial charge in [0.25, 0.3) is 0 Å². The van der Waals surface area contributed by atoms with Gasteiger partial charge in [0.15, 0.2) is 0 Å². The summed E-state index contributed by atoms with van der Waals surface area (Å²) in [6.45, 7) is 4.50. The average Bonchev–Trinajstić information content (AvgIpc) is 2.33. The van der Waals surface area contributed by atoms with Crippen LogP contribution in [0.3, 0.4) is 0 Å². The van der Waals surface area contributed by atoms with Crippen molar-refractivity contribution in [3.63, 3.8) is 0 Å². The summed E-state index contributed by atoms with van der Waals surface area (Å²) in [6, 6.07) is 3.27. The molecule has 2 rings (SSSR count). The number of nitrogens with zero attached hydrogens (tertiary/aromatic N) is 1. The number of hydrogen-bond acceptors (Lipinski definition) is 3.